The zero-order valence-corrected chi connectivity index (χ0v) is 9.36. The maximum atomic E-state index is 11.6. The van der Waals surface area contributed by atoms with Crippen LogP contribution in [0.1, 0.15) is 29.8 Å². The van der Waals surface area contributed by atoms with Crippen molar-refractivity contribution < 1.29 is 4.79 Å². The monoisotopic (exact) mass is 209 g/mol. The molecule has 1 aromatic rings. The molecule has 0 saturated carbocycles. The third-order valence-corrected chi connectivity index (χ3v) is 2.79. The minimum absolute atomic E-state index is 0.0697. The van der Waals surface area contributed by atoms with Crippen LogP contribution in [0.4, 0.5) is 5.69 Å². The third-order valence-electron chi connectivity index (χ3n) is 2.02. The molecule has 0 radical (unpaired) electrons. The summed E-state index contributed by atoms with van der Waals surface area (Å²) in [6.45, 7) is 4.02. The number of rotatable bonds is 3. The average Bonchev–Trinajstić information content (AvgIpc) is 2.19. The van der Waals surface area contributed by atoms with Crippen LogP contribution in [0.2, 0.25) is 0 Å². The van der Waals surface area contributed by atoms with E-state index in [1.807, 2.05) is 25.1 Å². The van der Waals surface area contributed by atoms with Gasteiger partial charge in [0.2, 0.25) is 5.12 Å². The highest BCUT2D eigenvalue weighted by molar-refractivity contribution is 8.14. The predicted octanol–water partition coefficient (Wildman–Crippen LogP) is 2.72. The lowest BCUT2D eigenvalue weighted by atomic mass is 10.1. The van der Waals surface area contributed by atoms with Crippen molar-refractivity contribution in [3.8, 4) is 0 Å². The number of carbonyl (C=O) groups excluding carboxylic acids is 1. The topological polar surface area (TPSA) is 43.1 Å². The fourth-order valence-corrected chi connectivity index (χ4v) is 1.80. The Hall–Kier alpha value is -0.960. The highest BCUT2D eigenvalue weighted by Gasteiger charge is 2.09. The number of hydrogen-bond donors (Lipinski definition) is 1. The third kappa shape index (κ3) is 2.51. The number of nitrogens with two attached hydrogens (primary N) is 1. The first-order valence-corrected chi connectivity index (χ1v) is 5.73. The van der Waals surface area contributed by atoms with Gasteiger partial charge in [0.1, 0.15) is 0 Å². The van der Waals surface area contributed by atoms with E-state index in [1.54, 1.807) is 0 Å². The van der Waals surface area contributed by atoms with Gasteiger partial charge in [-0.05, 0) is 29.9 Å². The van der Waals surface area contributed by atoms with Crippen molar-refractivity contribution in [2.45, 2.75) is 20.3 Å². The summed E-state index contributed by atoms with van der Waals surface area (Å²) < 4.78 is 0. The maximum absolute atomic E-state index is 11.6. The van der Waals surface area contributed by atoms with Gasteiger partial charge in [0.05, 0.1) is 5.56 Å². The lowest BCUT2D eigenvalue weighted by Gasteiger charge is -2.05. The van der Waals surface area contributed by atoms with Gasteiger partial charge < -0.3 is 5.73 Å². The van der Waals surface area contributed by atoms with Crippen LogP contribution in [0.15, 0.2) is 18.2 Å². The van der Waals surface area contributed by atoms with Crippen LogP contribution in [0.25, 0.3) is 0 Å². The molecule has 0 fully saturated rings. The molecule has 0 aromatic heterocycles. The Labute approximate surface area is 88.9 Å². The molecule has 76 valence electrons. The minimum Gasteiger partial charge on any atom is -0.398 e. The molecule has 3 heteroatoms. The van der Waals surface area contributed by atoms with Gasteiger partial charge in [-0.15, -0.1) is 0 Å². The minimum atomic E-state index is 0.0697. The molecule has 0 unspecified atom stereocenters. The quantitative estimate of drug-likeness (QED) is 0.778. The smallest absolute Gasteiger partial charge is 0.221 e. The summed E-state index contributed by atoms with van der Waals surface area (Å²) >= 11 is 1.30. The van der Waals surface area contributed by atoms with Gasteiger partial charge in [-0.2, -0.15) is 0 Å². The van der Waals surface area contributed by atoms with Crippen LogP contribution < -0.4 is 5.73 Å². The van der Waals surface area contributed by atoms with Crippen molar-refractivity contribution in [2.75, 3.05) is 11.5 Å². The van der Waals surface area contributed by atoms with E-state index in [0.717, 1.165) is 17.7 Å². The summed E-state index contributed by atoms with van der Waals surface area (Å²) in [5.74, 6) is 0.786. The standard InChI is InChI=1S/C11H15NOS/c1-3-8-5-6-10(12)9(7-8)11(13)14-4-2/h5-7H,3-4,12H2,1-2H3. The molecule has 0 spiro atoms. The van der Waals surface area contributed by atoms with Crippen molar-refractivity contribution in [2.24, 2.45) is 0 Å². The lowest BCUT2D eigenvalue weighted by Crippen LogP contribution is -2.01. The van der Waals surface area contributed by atoms with Crippen LogP contribution in [-0.2, 0) is 6.42 Å². The molecule has 1 rings (SSSR count). The first kappa shape index (κ1) is 11.1. The Morgan fingerprint density at radius 3 is 2.71 bits per heavy atom. The van der Waals surface area contributed by atoms with Crippen molar-refractivity contribution in [1.29, 1.82) is 0 Å². The van der Waals surface area contributed by atoms with Gasteiger partial charge in [-0.3, -0.25) is 4.79 Å². The zero-order chi connectivity index (χ0) is 10.6. The predicted molar refractivity (Wildman–Crippen MR) is 62.7 cm³/mol. The van der Waals surface area contributed by atoms with E-state index in [2.05, 4.69) is 6.92 Å². The van der Waals surface area contributed by atoms with E-state index in [0.29, 0.717) is 11.3 Å². The van der Waals surface area contributed by atoms with Crippen LogP contribution in [0.5, 0.6) is 0 Å². The SMILES string of the molecule is CCSC(=O)c1cc(CC)ccc1N. The van der Waals surface area contributed by atoms with Crippen molar-refractivity contribution in [3.05, 3.63) is 29.3 Å². The molecule has 0 bridgehead atoms. The lowest BCUT2D eigenvalue weighted by molar-refractivity contribution is 0.109. The molecule has 0 aliphatic carbocycles. The molecule has 0 saturated heterocycles. The average molecular weight is 209 g/mol. The Morgan fingerprint density at radius 1 is 1.43 bits per heavy atom. The van der Waals surface area contributed by atoms with Crippen molar-refractivity contribution in [3.63, 3.8) is 0 Å². The first-order valence-electron chi connectivity index (χ1n) is 4.74. The zero-order valence-electron chi connectivity index (χ0n) is 8.54. The summed E-state index contributed by atoms with van der Waals surface area (Å²) in [5, 5.41) is 0.0697. The van der Waals surface area contributed by atoms with E-state index in [9.17, 15) is 4.79 Å². The van der Waals surface area contributed by atoms with E-state index >= 15 is 0 Å². The molecule has 1 aromatic carbocycles. The Morgan fingerprint density at radius 2 is 2.14 bits per heavy atom. The molecule has 0 atom stereocenters. The molecule has 2 nitrogen and oxygen atoms in total. The van der Waals surface area contributed by atoms with Gasteiger partial charge in [-0.25, -0.2) is 0 Å². The Balaban J connectivity index is 2.99. The number of aryl methyl sites for hydroxylation is 1. The van der Waals surface area contributed by atoms with Crippen molar-refractivity contribution in [1.82, 2.24) is 0 Å². The highest BCUT2D eigenvalue weighted by Crippen LogP contribution is 2.20. The number of thioether (sulfide) groups is 1. The molecule has 0 aliphatic rings. The summed E-state index contributed by atoms with van der Waals surface area (Å²) in [6.07, 6.45) is 0.928. The molecule has 0 heterocycles. The van der Waals surface area contributed by atoms with Crippen LogP contribution >= 0.6 is 11.8 Å². The van der Waals surface area contributed by atoms with E-state index in [1.165, 1.54) is 11.8 Å². The summed E-state index contributed by atoms with van der Waals surface area (Å²) in [5.41, 5.74) is 8.12. The van der Waals surface area contributed by atoms with Crippen LogP contribution in [0.3, 0.4) is 0 Å². The molecule has 0 amide bonds. The molecule has 14 heavy (non-hydrogen) atoms. The molecular weight excluding hydrogens is 194 g/mol. The molecule has 0 aliphatic heterocycles. The van der Waals surface area contributed by atoms with Gasteiger partial charge in [0, 0.05) is 5.69 Å². The van der Waals surface area contributed by atoms with Gasteiger partial charge in [0.15, 0.2) is 0 Å². The second-order valence-electron chi connectivity index (χ2n) is 3.00. The number of benzene rings is 1. The van der Waals surface area contributed by atoms with Gasteiger partial charge in [-0.1, -0.05) is 31.7 Å². The van der Waals surface area contributed by atoms with E-state index in [-0.39, 0.29) is 5.12 Å². The summed E-state index contributed by atoms with van der Waals surface area (Å²) in [7, 11) is 0. The summed E-state index contributed by atoms with van der Waals surface area (Å²) in [6, 6.07) is 5.66. The number of nitrogen functional groups attached to an aromatic ring is 1. The van der Waals surface area contributed by atoms with Crippen molar-refractivity contribution >= 4 is 22.6 Å². The fourth-order valence-electron chi connectivity index (χ4n) is 1.21. The van der Waals surface area contributed by atoms with Gasteiger partial charge in [0.25, 0.3) is 0 Å². The van der Waals surface area contributed by atoms with Crippen LogP contribution in [-0.4, -0.2) is 10.9 Å². The Bertz CT molecular complexity index is 336. The van der Waals surface area contributed by atoms with Crippen LogP contribution in [0, 0.1) is 0 Å². The van der Waals surface area contributed by atoms with E-state index in [4.69, 9.17) is 5.73 Å². The normalized spacial score (nSPS) is 10.1. The molecular formula is C11H15NOS. The number of hydrogen-bond acceptors (Lipinski definition) is 3. The summed E-state index contributed by atoms with van der Waals surface area (Å²) in [4.78, 5) is 11.6. The maximum Gasteiger partial charge on any atom is 0.221 e. The number of carbonyl (C=O) groups is 1. The number of anilines is 1. The fraction of sp³-hybridized carbons (Fsp3) is 0.364. The first-order chi connectivity index (χ1) is 6.69. The highest BCUT2D eigenvalue weighted by atomic mass is 32.2. The largest absolute Gasteiger partial charge is 0.398 e. The van der Waals surface area contributed by atoms with E-state index < -0.39 is 0 Å². The second-order valence-corrected chi connectivity index (χ2v) is 4.23. The molecule has 2 N–H and O–H groups in total. The van der Waals surface area contributed by atoms with Gasteiger partial charge >= 0.3 is 0 Å². The Kier molecular flexibility index (Phi) is 4.01. The second kappa shape index (κ2) is 5.05.